The minimum atomic E-state index is -1.21. The van der Waals surface area contributed by atoms with Gasteiger partial charge in [-0.25, -0.2) is 4.39 Å². The van der Waals surface area contributed by atoms with Crippen molar-refractivity contribution in [1.29, 1.82) is 5.26 Å². The highest BCUT2D eigenvalue weighted by atomic mass is 35.5. The molecule has 0 saturated carbocycles. The summed E-state index contributed by atoms with van der Waals surface area (Å²) in [4.78, 5) is 31.0. The van der Waals surface area contributed by atoms with Gasteiger partial charge in [-0.3, -0.25) is 19.5 Å². The summed E-state index contributed by atoms with van der Waals surface area (Å²) in [6, 6.07) is 7.03. The highest BCUT2D eigenvalue weighted by molar-refractivity contribution is 7.13. The largest absolute Gasteiger partial charge is 0.484 e. The van der Waals surface area contributed by atoms with Crippen molar-refractivity contribution in [3.8, 4) is 11.8 Å². The molecule has 3 heterocycles. The van der Waals surface area contributed by atoms with Crippen LogP contribution < -0.4 is 10.1 Å². The van der Waals surface area contributed by atoms with Gasteiger partial charge < -0.3 is 10.1 Å². The quantitative estimate of drug-likeness (QED) is 0.449. The fraction of sp³-hybridized carbons (Fsp3) is 0.333. The number of alkyl halides is 1. The number of carbonyl (C=O) groups is 2. The number of imide groups is 1. The van der Waals surface area contributed by atoms with Crippen LogP contribution in [0.3, 0.4) is 0 Å². The monoisotopic (exact) mass is 500 g/mol. The van der Waals surface area contributed by atoms with Crippen LogP contribution in [-0.2, 0) is 16.1 Å². The van der Waals surface area contributed by atoms with Crippen LogP contribution in [0.1, 0.15) is 40.6 Å². The van der Waals surface area contributed by atoms with Crippen LogP contribution in [0.5, 0.6) is 5.75 Å². The number of nitrogens with zero attached hydrogens (tertiary/aromatic N) is 3. The van der Waals surface area contributed by atoms with E-state index in [2.05, 4.69) is 23.1 Å². The molecule has 2 saturated heterocycles. The van der Waals surface area contributed by atoms with Crippen molar-refractivity contribution >= 4 is 52.7 Å². The average molecular weight is 501 g/mol. The first-order valence-electron chi connectivity index (χ1n) is 10.7. The number of allylic oxidation sites excluding steroid dienone is 1. The summed E-state index contributed by atoms with van der Waals surface area (Å²) in [5.41, 5.74) is 1.95. The van der Waals surface area contributed by atoms with E-state index in [1.807, 2.05) is 13.0 Å². The van der Waals surface area contributed by atoms with Gasteiger partial charge in [0.15, 0.2) is 6.17 Å². The van der Waals surface area contributed by atoms with E-state index < -0.39 is 12.3 Å². The second kappa shape index (κ2) is 10.1. The molecule has 0 radical (unpaired) electrons. The Morgan fingerprint density at radius 2 is 2.12 bits per heavy atom. The maximum absolute atomic E-state index is 14.3. The summed E-state index contributed by atoms with van der Waals surface area (Å²) in [5.74, 6) is -0.157. The van der Waals surface area contributed by atoms with Crippen LogP contribution in [0, 0.1) is 11.3 Å². The SMILES string of the molecule is C=Nc1cc(CN2C(=O)CCC2=O)sc1/C(=C\C)c1cc(Cl)cc(C#N)c1O[C@@H]1CNC[C@@H]1F. The summed E-state index contributed by atoms with van der Waals surface area (Å²) in [5, 5.41) is 13.0. The normalized spacial score (nSPS) is 20.6. The first-order chi connectivity index (χ1) is 16.4. The minimum absolute atomic E-state index is 0.154. The third-order valence-electron chi connectivity index (χ3n) is 5.76. The summed E-state index contributed by atoms with van der Waals surface area (Å²) in [6.07, 6.45) is 0.313. The van der Waals surface area contributed by atoms with E-state index in [0.29, 0.717) is 33.3 Å². The molecule has 2 amide bonds. The van der Waals surface area contributed by atoms with Crippen LogP contribution in [0.25, 0.3) is 5.57 Å². The number of likely N-dealkylation sites (tertiary alicyclic amines) is 1. The molecule has 34 heavy (non-hydrogen) atoms. The Labute approximate surface area is 205 Å². The zero-order valence-corrected chi connectivity index (χ0v) is 20.0. The molecular formula is C24H22ClFN4O3S. The fourth-order valence-corrected chi connectivity index (χ4v) is 5.49. The Balaban J connectivity index is 1.76. The van der Waals surface area contributed by atoms with Crippen molar-refractivity contribution in [2.24, 2.45) is 4.99 Å². The lowest BCUT2D eigenvalue weighted by Gasteiger charge is -2.20. The van der Waals surface area contributed by atoms with E-state index in [4.69, 9.17) is 16.3 Å². The molecule has 2 aliphatic rings. The molecule has 1 N–H and O–H groups in total. The molecule has 2 fully saturated rings. The average Bonchev–Trinajstić information content (AvgIpc) is 3.51. The van der Waals surface area contributed by atoms with E-state index in [1.165, 1.54) is 22.3 Å². The van der Waals surface area contributed by atoms with Crippen LogP contribution in [-0.4, -0.2) is 48.8 Å². The number of thiophene rings is 1. The number of aliphatic imine (C=N–C) groups is 1. The summed E-state index contributed by atoms with van der Waals surface area (Å²) < 4.78 is 20.3. The number of nitrogens with one attached hydrogen (secondary N) is 1. The molecule has 176 valence electrons. The van der Waals surface area contributed by atoms with Crippen molar-refractivity contribution in [2.75, 3.05) is 13.1 Å². The molecule has 1 aromatic heterocycles. The minimum Gasteiger partial charge on any atom is -0.484 e. The first kappa shape index (κ1) is 24.1. The molecule has 10 heteroatoms. The van der Waals surface area contributed by atoms with Crippen molar-refractivity contribution < 1.29 is 18.7 Å². The maximum atomic E-state index is 14.3. The molecule has 2 aliphatic heterocycles. The number of ether oxygens (including phenoxy) is 1. The summed E-state index contributed by atoms with van der Waals surface area (Å²) in [7, 11) is 0. The molecule has 2 aromatic rings. The zero-order chi connectivity index (χ0) is 24.4. The van der Waals surface area contributed by atoms with Gasteiger partial charge in [0.25, 0.3) is 0 Å². The van der Waals surface area contributed by atoms with Gasteiger partial charge in [0.1, 0.15) is 17.9 Å². The smallest absolute Gasteiger partial charge is 0.230 e. The van der Waals surface area contributed by atoms with Gasteiger partial charge in [-0.05, 0) is 31.8 Å². The Hall–Kier alpha value is -3.06. The van der Waals surface area contributed by atoms with Crippen LogP contribution in [0.4, 0.5) is 10.1 Å². The van der Waals surface area contributed by atoms with Gasteiger partial charge in [0, 0.05) is 47.0 Å². The number of halogens is 2. The summed E-state index contributed by atoms with van der Waals surface area (Å²) >= 11 is 7.68. The van der Waals surface area contributed by atoms with Gasteiger partial charge in [-0.1, -0.05) is 17.7 Å². The standard InChI is InChI=1S/C24H22ClFN4O3S/c1-3-16(24-19(28-2)8-15(34-24)12-30-21(31)4-5-22(30)32)17-7-14(25)6-13(9-27)23(17)33-20-11-29-10-18(20)26/h3,6-8,18,20,29H,2,4-5,10-12H2,1H3/b16-3-/t18-,20+/m0/s1. The van der Waals surface area contributed by atoms with Crippen LogP contribution >= 0.6 is 22.9 Å². The third-order valence-corrected chi connectivity index (χ3v) is 7.12. The second-order valence-electron chi connectivity index (χ2n) is 7.93. The van der Waals surface area contributed by atoms with Gasteiger partial charge in [-0.15, -0.1) is 11.3 Å². The van der Waals surface area contributed by atoms with Gasteiger partial charge >= 0.3 is 0 Å². The van der Waals surface area contributed by atoms with Gasteiger partial charge in [-0.2, -0.15) is 5.26 Å². The predicted octanol–water partition coefficient (Wildman–Crippen LogP) is 4.39. The highest BCUT2D eigenvalue weighted by Gasteiger charge is 2.32. The van der Waals surface area contributed by atoms with Gasteiger partial charge in [0.05, 0.1) is 22.7 Å². The molecule has 0 aliphatic carbocycles. The van der Waals surface area contributed by atoms with Crippen molar-refractivity contribution in [3.63, 3.8) is 0 Å². The molecular weight excluding hydrogens is 479 g/mol. The number of carbonyl (C=O) groups excluding carboxylic acids is 2. The number of rotatable bonds is 7. The fourth-order valence-electron chi connectivity index (χ4n) is 4.08. The lowest BCUT2D eigenvalue weighted by atomic mass is 9.99. The third kappa shape index (κ3) is 4.62. The van der Waals surface area contributed by atoms with Crippen LogP contribution in [0.15, 0.2) is 29.3 Å². The van der Waals surface area contributed by atoms with Crippen molar-refractivity contribution in [2.45, 2.75) is 38.6 Å². The zero-order valence-electron chi connectivity index (χ0n) is 18.4. The second-order valence-corrected chi connectivity index (χ2v) is 9.51. The Bertz CT molecular complexity index is 1220. The molecule has 0 spiro atoms. The Morgan fingerprint density at radius 1 is 1.38 bits per heavy atom. The van der Waals surface area contributed by atoms with E-state index in [9.17, 15) is 19.2 Å². The molecule has 7 nitrogen and oxygen atoms in total. The molecule has 0 unspecified atom stereocenters. The van der Waals surface area contributed by atoms with E-state index in [0.717, 1.165) is 4.88 Å². The van der Waals surface area contributed by atoms with Gasteiger partial charge in [0.2, 0.25) is 11.8 Å². The Morgan fingerprint density at radius 3 is 2.71 bits per heavy atom. The number of hydrogen-bond donors (Lipinski definition) is 1. The van der Waals surface area contributed by atoms with Crippen molar-refractivity contribution in [1.82, 2.24) is 10.2 Å². The Kier molecular flexibility index (Phi) is 7.12. The van der Waals surface area contributed by atoms with Crippen LogP contribution in [0.2, 0.25) is 5.02 Å². The van der Waals surface area contributed by atoms with E-state index in [-0.39, 0.29) is 49.1 Å². The lowest BCUT2D eigenvalue weighted by molar-refractivity contribution is -0.138. The number of amides is 2. The molecule has 2 atom stereocenters. The molecule has 0 bridgehead atoms. The summed E-state index contributed by atoms with van der Waals surface area (Å²) in [6.45, 7) is 6.13. The highest BCUT2D eigenvalue weighted by Crippen LogP contribution is 2.44. The van der Waals surface area contributed by atoms with E-state index >= 15 is 0 Å². The lowest BCUT2D eigenvalue weighted by Crippen LogP contribution is -2.27. The number of benzene rings is 1. The van der Waals surface area contributed by atoms with E-state index in [1.54, 1.807) is 12.1 Å². The maximum Gasteiger partial charge on any atom is 0.230 e. The molecule has 1 aromatic carbocycles. The first-order valence-corrected chi connectivity index (χ1v) is 11.9. The predicted molar refractivity (Wildman–Crippen MR) is 129 cm³/mol. The van der Waals surface area contributed by atoms with Crippen molar-refractivity contribution in [3.05, 3.63) is 50.2 Å². The topological polar surface area (TPSA) is 94.8 Å². The number of nitriles is 1. The molecule has 4 rings (SSSR count). The number of hydrogen-bond acceptors (Lipinski definition) is 7.